The van der Waals surface area contributed by atoms with Crippen molar-refractivity contribution >= 4 is 29.2 Å². The molecular formula is C2H3N3S2. The molecule has 3 nitrogen and oxygen atoms in total. The summed E-state index contributed by atoms with van der Waals surface area (Å²) in [6.45, 7) is 0. The molecule has 0 aromatic carbocycles. The van der Waals surface area contributed by atoms with Gasteiger partial charge in [0.05, 0.1) is 0 Å². The zero-order valence-corrected chi connectivity index (χ0v) is 5.04. The van der Waals surface area contributed by atoms with E-state index in [-0.39, 0.29) is 4.32 Å². The van der Waals surface area contributed by atoms with Gasteiger partial charge in [-0.2, -0.15) is 10.3 Å². The highest BCUT2D eigenvalue weighted by Crippen LogP contribution is 1.83. The van der Waals surface area contributed by atoms with Gasteiger partial charge < -0.3 is 0 Å². The van der Waals surface area contributed by atoms with Crippen LogP contribution in [0.5, 0.6) is 0 Å². The minimum absolute atomic E-state index is 0.0718. The summed E-state index contributed by atoms with van der Waals surface area (Å²) in [6, 6.07) is 0. The minimum atomic E-state index is 0.0718. The molecule has 0 aliphatic heterocycles. The van der Waals surface area contributed by atoms with Crippen LogP contribution in [0.4, 0.5) is 0 Å². The van der Waals surface area contributed by atoms with Gasteiger partial charge in [0.15, 0.2) is 4.32 Å². The first-order chi connectivity index (χ1) is 3.18. The molecule has 7 heavy (non-hydrogen) atoms. The fourth-order valence-electron chi connectivity index (χ4n) is 0.0428. The quantitative estimate of drug-likeness (QED) is 0.121. The molecule has 38 valence electrons. The summed E-state index contributed by atoms with van der Waals surface area (Å²) in [4.78, 5) is 0. The van der Waals surface area contributed by atoms with Gasteiger partial charge in [0.1, 0.15) is 0 Å². The summed E-state index contributed by atoms with van der Waals surface area (Å²) < 4.78 is 0.0718. The third kappa shape index (κ3) is 2.39. The number of thiol groups is 1. The topological polar surface area (TPSA) is 53.0 Å². The maximum absolute atomic E-state index is 7.92. The van der Waals surface area contributed by atoms with Gasteiger partial charge in [0.25, 0.3) is 0 Å². The lowest BCUT2D eigenvalue weighted by atomic mass is 11.1. The highest BCUT2D eigenvalue weighted by atomic mass is 32.1. The molecule has 0 aromatic rings. The van der Waals surface area contributed by atoms with E-state index in [4.69, 9.17) is 11.1 Å². The van der Waals surface area contributed by atoms with Gasteiger partial charge in [-0.05, 0) is 0 Å². The predicted molar refractivity (Wildman–Crippen MR) is 33.2 cm³/mol. The Labute approximate surface area is 52.1 Å². The Kier molecular flexibility index (Phi) is 2.67. The smallest absolute Gasteiger partial charge is 0.201 e. The van der Waals surface area contributed by atoms with E-state index in [1.807, 2.05) is 0 Å². The Morgan fingerprint density at radius 2 is 2.43 bits per heavy atom. The second kappa shape index (κ2) is 2.80. The lowest BCUT2D eigenvalue weighted by Crippen LogP contribution is -2.27. The second-order valence-electron chi connectivity index (χ2n) is 0.753. The molecular weight excluding hydrogens is 130 g/mol. The first-order valence-corrected chi connectivity index (χ1v) is 2.21. The molecule has 0 spiro atoms. The first kappa shape index (κ1) is 6.69. The zero-order chi connectivity index (χ0) is 5.86. The van der Waals surface area contributed by atoms with Crippen LogP contribution in [0, 0.1) is 11.5 Å². The number of hydrogen-bond donors (Lipinski definition) is 2. The largest absolute Gasteiger partial charge is 0.232 e. The van der Waals surface area contributed by atoms with Gasteiger partial charge in [-0.1, -0.05) is 12.2 Å². The van der Waals surface area contributed by atoms with E-state index in [9.17, 15) is 0 Å². The molecule has 5 heteroatoms. The highest BCUT2D eigenvalue weighted by Gasteiger charge is 1.91. The van der Waals surface area contributed by atoms with Gasteiger partial charge in [0, 0.05) is 0 Å². The molecule has 0 amide bonds. The maximum Gasteiger partial charge on any atom is 0.201 e. The Morgan fingerprint density at radius 3 is 2.43 bits per heavy atom. The Hall–Kier alpha value is -0.310. The number of rotatable bonds is 0. The third-order valence-corrected chi connectivity index (χ3v) is 0.726. The van der Waals surface area contributed by atoms with E-state index in [0.29, 0.717) is 5.01 Å². The van der Waals surface area contributed by atoms with E-state index in [1.54, 1.807) is 6.19 Å². The van der Waals surface area contributed by atoms with E-state index in [0.717, 1.165) is 0 Å². The third-order valence-electron chi connectivity index (χ3n) is 0.314. The second-order valence-corrected chi connectivity index (χ2v) is 1.87. The molecule has 0 saturated heterocycles. The van der Waals surface area contributed by atoms with Crippen molar-refractivity contribution in [3.63, 3.8) is 0 Å². The van der Waals surface area contributed by atoms with Gasteiger partial charge in [-0.3, -0.25) is 0 Å². The number of hydrazine groups is 1. The van der Waals surface area contributed by atoms with Gasteiger partial charge >= 0.3 is 0 Å². The number of nitrogens with zero attached hydrogens (tertiary/aromatic N) is 2. The summed E-state index contributed by atoms with van der Waals surface area (Å²) in [5.74, 6) is 4.87. The SMILES string of the molecule is N#CN(N)C(=S)S. The minimum Gasteiger partial charge on any atom is -0.232 e. The average molecular weight is 133 g/mol. The number of nitriles is 1. The van der Waals surface area contributed by atoms with Gasteiger partial charge in [-0.15, -0.1) is 12.6 Å². The molecule has 0 unspecified atom stereocenters. The monoisotopic (exact) mass is 133 g/mol. The van der Waals surface area contributed by atoms with Crippen LogP contribution in [0.3, 0.4) is 0 Å². The number of thiocarbonyl (C=S) groups is 1. The van der Waals surface area contributed by atoms with Crippen molar-refractivity contribution in [3.8, 4) is 6.19 Å². The van der Waals surface area contributed by atoms with E-state index < -0.39 is 0 Å². The van der Waals surface area contributed by atoms with E-state index >= 15 is 0 Å². The van der Waals surface area contributed by atoms with Crippen molar-refractivity contribution in [3.05, 3.63) is 0 Å². The Bertz CT molecular complexity index is 115. The molecule has 2 N–H and O–H groups in total. The van der Waals surface area contributed by atoms with Crippen LogP contribution in [-0.2, 0) is 0 Å². The molecule has 0 aromatic heterocycles. The van der Waals surface area contributed by atoms with E-state index in [1.165, 1.54) is 0 Å². The van der Waals surface area contributed by atoms with Crippen molar-refractivity contribution in [1.29, 1.82) is 5.26 Å². The highest BCUT2D eigenvalue weighted by molar-refractivity contribution is 8.10. The Balaban J connectivity index is 3.63. The van der Waals surface area contributed by atoms with Crippen LogP contribution in [0.25, 0.3) is 0 Å². The molecule has 0 radical (unpaired) electrons. The van der Waals surface area contributed by atoms with E-state index in [2.05, 4.69) is 24.8 Å². The lowest BCUT2D eigenvalue weighted by Gasteiger charge is -1.99. The summed E-state index contributed by atoms with van der Waals surface area (Å²) in [5.41, 5.74) is 0. The molecule has 0 aliphatic rings. The van der Waals surface area contributed by atoms with Crippen LogP contribution in [0.1, 0.15) is 0 Å². The van der Waals surface area contributed by atoms with Gasteiger partial charge in [0.2, 0.25) is 6.19 Å². The summed E-state index contributed by atoms with van der Waals surface area (Å²) in [7, 11) is 0. The molecule has 0 aliphatic carbocycles. The number of hydrogen-bond acceptors (Lipinski definition) is 3. The summed E-state index contributed by atoms with van der Waals surface area (Å²) in [5, 5.41) is 8.61. The molecule has 0 atom stereocenters. The maximum atomic E-state index is 7.92. The molecule has 0 rings (SSSR count). The normalized spacial score (nSPS) is 7.00. The van der Waals surface area contributed by atoms with Crippen LogP contribution >= 0.6 is 24.8 Å². The van der Waals surface area contributed by atoms with Crippen molar-refractivity contribution in [2.24, 2.45) is 5.84 Å². The Morgan fingerprint density at radius 1 is 2.00 bits per heavy atom. The predicted octanol–water partition coefficient (Wildman–Crippen LogP) is -0.142. The fraction of sp³-hybridized carbons (Fsp3) is 0. The fourth-order valence-corrected chi connectivity index (χ4v) is 0.128. The van der Waals surface area contributed by atoms with Crippen LogP contribution in [0.2, 0.25) is 0 Å². The summed E-state index contributed by atoms with van der Waals surface area (Å²) >= 11 is 7.94. The molecule has 0 fully saturated rings. The van der Waals surface area contributed by atoms with Crippen LogP contribution in [0.15, 0.2) is 0 Å². The van der Waals surface area contributed by atoms with Crippen molar-refractivity contribution < 1.29 is 0 Å². The van der Waals surface area contributed by atoms with Crippen molar-refractivity contribution in [2.75, 3.05) is 0 Å². The first-order valence-electron chi connectivity index (χ1n) is 1.36. The van der Waals surface area contributed by atoms with Crippen molar-refractivity contribution in [2.45, 2.75) is 0 Å². The van der Waals surface area contributed by atoms with Crippen LogP contribution in [-0.4, -0.2) is 9.33 Å². The molecule has 0 saturated carbocycles. The average Bonchev–Trinajstić information content (AvgIpc) is 1.65. The number of nitrogens with two attached hydrogens (primary N) is 1. The summed E-state index contributed by atoms with van der Waals surface area (Å²) in [6.07, 6.45) is 1.56. The van der Waals surface area contributed by atoms with Crippen LogP contribution < -0.4 is 5.84 Å². The van der Waals surface area contributed by atoms with Crippen molar-refractivity contribution in [1.82, 2.24) is 5.01 Å². The molecule has 0 bridgehead atoms. The standard InChI is InChI=1S/C2H3N3S2/c3-1-5(4)2(6)7/h4H2,(H,6,7). The lowest BCUT2D eigenvalue weighted by molar-refractivity contribution is 0.642. The zero-order valence-electron chi connectivity index (χ0n) is 3.33. The molecule has 0 heterocycles. The van der Waals surface area contributed by atoms with Gasteiger partial charge in [-0.25, -0.2) is 5.84 Å².